The minimum absolute atomic E-state index is 0.0909. The number of nitrogens with one attached hydrogen (secondary N) is 1. The first kappa shape index (κ1) is 13.8. The predicted molar refractivity (Wildman–Crippen MR) is 77.8 cm³/mol. The Bertz CT molecular complexity index is 563. The van der Waals surface area contributed by atoms with Crippen molar-refractivity contribution in [2.45, 2.75) is 26.8 Å². The molecular weight excluding hydrogens is 237 g/mol. The Labute approximate surface area is 114 Å². The molecule has 2 aromatic carbocycles. The first-order valence-electron chi connectivity index (χ1n) is 6.68. The second kappa shape index (κ2) is 5.98. The fraction of sp³-hybridized carbons (Fsp3) is 0.294. The number of hydrogen-bond acceptors (Lipinski definition) is 1. The molecule has 0 amide bonds. The summed E-state index contributed by atoms with van der Waals surface area (Å²) in [5.74, 6) is -0.159. The van der Waals surface area contributed by atoms with Crippen LogP contribution in [0.1, 0.15) is 35.2 Å². The van der Waals surface area contributed by atoms with Crippen LogP contribution in [0.5, 0.6) is 0 Å². The molecule has 1 N–H and O–H groups in total. The Morgan fingerprint density at radius 3 is 2.42 bits per heavy atom. The summed E-state index contributed by atoms with van der Waals surface area (Å²) < 4.78 is 14.0. The van der Waals surface area contributed by atoms with Crippen molar-refractivity contribution in [2.75, 3.05) is 6.54 Å². The van der Waals surface area contributed by atoms with Crippen LogP contribution in [0.25, 0.3) is 0 Å². The molecule has 0 radical (unpaired) electrons. The molecule has 2 heteroatoms. The number of rotatable bonds is 4. The van der Waals surface area contributed by atoms with E-state index >= 15 is 0 Å². The molecule has 0 spiro atoms. The van der Waals surface area contributed by atoms with Gasteiger partial charge in [-0.2, -0.15) is 0 Å². The Morgan fingerprint density at radius 2 is 1.79 bits per heavy atom. The largest absolute Gasteiger partial charge is 0.306 e. The fourth-order valence-electron chi connectivity index (χ4n) is 2.45. The van der Waals surface area contributed by atoms with Gasteiger partial charge in [-0.1, -0.05) is 48.9 Å². The van der Waals surface area contributed by atoms with E-state index in [0.717, 1.165) is 12.1 Å². The van der Waals surface area contributed by atoms with Crippen molar-refractivity contribution >= 4 is 0 Å². The average Bonchev–Trinajstić information content (AvgIpc) is 2.38. The third kappa shape index (κ3) is 3.02. The number of benzene rings is 2. The maximum Gasteiger partial charge on any atom is 0.128 e. The predicted octanol–water partition coefficient (Wildman–Crippen LogP) is 4.14. The van der Waals surface area contributed by atoms with Gasteiger partial charge < -0.3 is 5.32 Å². The molecule has 0 bridgehead atoms. The lowest BCUT2D eigenvalue weighted by atomic mass is 9.93. The summed E-state index contributed by atoms with van der Waals surface area (Å²) in [5.41, 5.74) is 4.26. The number of hydrogen-bond donors (Lipinski definition) is 1. The molecule has 0 fully saturated rings. The number of aryl methyl sites for hydroxylation is 2. The lowest BCUT2D eigenvalue weighted by Crippen LogP contribution is -2.23. The molecule has 19 heavy (non-hydrogen) atoms. The minimum Gasteiger partial charge on any atom is -0.306 e. The molecule has 1 atom stereocenters. The lowest BCUT2D eigenvalue weighted by Gasteiger charge is -2.21. The van der Waals surface area contributed by atoms with Crippen LogP contribution < -0.4 is 5.32 Å². The molecule has 1 nitrogen and oxygen atoms in total. The van der Waals surface area contributed by atoms with Crippen molar-refractivity contribution in [2.24, 2.45) is 0 Å². The van der Waals surface area contributed by atoms with Crippen LogP contribution in [0.4, 0.5) is 4.39 Å². The van der Waals surface area contributed by atoms with Gasteiger partial charge in [0.15, 0.2) is 0 Å². The smallest absolute Gasteiger partial charge is 0.128 e. The maximum absolute atomic E-state index is 14.0. The van der Waals surface area contributed by atoms with Crippen LogP contribution in [0.3, 0.4) is 0 Å². The van der Waals surface area contributed by atoms with Crippen molar-refractivity contribution in [3.8, 4) is 0 Å². The Kier molecular flexibility index (Phi) is 4.33. The van der Waals surface area contributed by atoms with Crippen molar-refractivity contribution in [1.29, 1.82) is 0 Å². The highest BCUT2D eigenvalue weighted by molar-refractivity contribution is 5.39. The van der Waals surface area contributed by atoms with Gasteiger partial charge in [-0.3, -0.25) is 0 Å². The van der Waals surface area contributed by atoms with E-state index in [4.69, 9.17) is 0 Å². The van der Waals surface area contributed by atoms with Crippen LogP contribution in [0.15, 0.2) is 42.5 Å². The van der Waals surface area contributed by atoms with Crippen molar-refractivity contribution in [3.63, 3.8) is 0 Å². The van der Waals surface area contributed by atoms with E-state index in [1.165, 1.54) is 17.2 Å². The molecule has 0 saturated carbocycles. The first-order valence-corrected chi connectivity index (χ1v) is 6.68. The first-order chi connectivity index (χ1) is 9.13. The van der Waals surface area contributed by atoms with Gasteiger partial charge in [-0.05, 0) is 37.6 Å². The second-order valence-corrected chi connectivity index (χ2v) is 4.87. The summed E-state index contributed by atoms with van der Waals surface area (Å²) in [6.07, 6.45) is 0. The van der Waals surface area contributed by atoms with Crippen molar-refractivity contribution in [1.82, 2.24) is 5.32 Å². The summed E-state index contributed by atoms with van der Waals surface area (Å²) in [4.78, 5) is 0. The highest BCUT2D eigenvalue weighted by Gasteiger charge is 2.18. The van der Waals surface area contributed by atoms with E-state index in [2.05, 4.69) is 37.4 Å². The van der Waals surface area contributed by atoms with Gasteiger partial charge in [-0.25, -0.2) is 4.39 Å². The highest BCUT2D eigenvalue weighted by Crippen LogP contribution is 2.27. The van der Waals surface area contributed by atoms with E-state index in [1.54, 1.807) is 6.07 Å². The topological polar surface area (TPSA) is 12.0 Å². The molecule has 0 aromatic heterocycles. The zero-order chi connectivity index (χ0) is 13.8. The fourth-order valence-corrected chi connectivity index (χ4v) is 2.45. The van der Waals surface area contributed by atoms with Crippen molar-refractivity contribution < 1.29 is 4.39 Å². The normalized spacial score (nSPS) is 12.4. The van der Waals surface area contributed by atoms with Crippen LogP contribution >= 0.6 is 0 Å². The lowest BCUT2D eigenvalue weighted by molar-refractivity contribution is 0.558. The zero-order valence-electron chi connectivity index (χ0n) is 11.7. The van der Waals surface area contributed by atoms with Crippen LogP contribution in [0, 0.1) is 19.7 Å². The minimum atomic E-state index is -0.159. The molecule has 0 aliphatic heterocycles. The van der Waals surface area contributed by atoms with E-state index in [-0.39, 0.29) is 11.9 Å². The summed E-state index contributed by atoms with van der Waals surface area (Å²) in [5, 5.41) is 3.38. The molecule has 100 valence electrons. The Hall–Kier alpha value is -1.67. The molecular formula is C17H20FN. The Morgan fingerprint density at radius 1 is 1.05 bits per heavy atom. The molecule has 0 saturated heterocycles. The monoisotopic (exact) mass is 257 g/mol. The summed E-state index contributed by atoms with van der Waals surface area (Å²) in [6.45, 7) is 6.99. The van der Waals surface area contributed by atoms with Gasteiger partial charge in [0.2, 0.25) is 0 Å². The molecule has 0 aliphatic rings. The van der Waals surface area contributed by atoms with Crippen LogP contribution in [0.2, 0.25) is 0 Å². The van der Waals surface area contributed by atoms with E-state index < -0.39 is 0 Å². The average molecular weight is 257 g/mol. The van der Waals surface area contributed by atoms with Gasteiger partial charge in [0.05, 0.1) is 6.04 Å². The standard InChI is InChI=1S/C17H20FN/c1-4-19-17(15-7-5-6-8-16(15)18)14-10-9-12(2)11-13(14)3/h5-11,17,19H,4H2,1-3H3. The van der Waals surface area contributed by atoms with E-state index in [0.29, 0.717) is 5.56 Å². The SMILES string of the molecule is CCNC(c1ccc(C)cc1C)c1ccccc1F. The molecule has 0 aliphatic carbocycles. The Balaban J connectivity index is 2.48. The third-order valence-corrected chi connectivity index (χ3v) is 3.36. The number of halogens is 1. The van der Waals surface area contributed by atoms with Gasteiger partial charge >= 0.3 is 0 Å². The summed E-state index contributed by atoms with van der Waals surface area (Å²) >= 11 is 0. The molecule has 2 rings (SSSR count). The molecule has 0 heterocycles. The van der Waals surface area contributed by atoms with Crippen LogP contribution in [-0.4, -0.2) is 6.54 Å². The highest BCUT2D eigenvalue weighted by atomic mass is 19.1. The summed E-state index contributed by atoms with van der Waals surface area (Å²) in [7, 11) is 0. The van der Waals surface area contributed by atoms with Crippen LogP contribution in [-0.2, 0) is 0 Å². The van der Waals surface area contributed by atoms with Gasteiger partial charge in [-0.15, -0.1) is 0 Å². The van der Waals surface area contributed by atoms with Gasteiger partial charge in [0, 0.05) is 5.56 Å². The quantitative estimate of drug-likeness (QED) is 0.868. The van der Waals surface area contributed by atoms with E-state index in [1.807, 2.05) is 19.1 Å². The van der Waals surface area contributed by atoms with Gasteiger partial charge in [0.1, 0.15) is 5.82 Å². The maximum atomic E-state index is 14.0. The molecule has 1 unspecified atom stereocenters. The van der Waals surface area contributed by atoms with Gasteiger partial charge in [0.25, 0.3) is 0 Å². The zero-order valence-corrected chi connectivity index (χ0v) is 11.7. The van der Waals surface area contributed by atoms with E-state index in [9.17, 15) is 4.39 Å². The molecule has 2 aromatic rings. The second-order valence-electron chi connectivity index (χ2n) is 4.87. The summed E-state index contributed by atoms with van der Waals surface area (Å²) in [6, 6.07) is 13.2. The van der Waals surface area contributed by atoms with Crippen molar-refractivity contribution in [3.05, 3.63) is 70.5 Å². The third-order valence-electron chi connectivity index (χ3n) is 3.36.